The molecule has 2 aromatic carbocycles. The van der Waals surface area contributed by atoms with Gasteiger partial charge in [-0.1, -0.05) is 85.0 Å². The predicted octanol–water partition coefficient (Wildman–Crippen LogP) is 6.83. The standard InChI is InChI=1S/C25H23N/c1-2-3-11-19-14-7-8-15-21(19)25-23-17-10-9-16-22(23)24(18-26-25)20-12-5-4-6-13-20/h2-10,12-13,15-19H,11,14H2,1H3. The molecule has 4 rings (SSSR count). The number of fused-ring (bicyclic) bond motifs is 1. The van der Waals surface area contributed by atoms with Crippen molar-refractivity contribution >= 4 is 16.3 Å². The van der Waals surface area contributed by atoms with Gasteiger partial charge in [-0.2, -0.15) is 0 Å². The maximum atomic E-state index is 4.94. The Balaban J connectivity index is 1.87. The maximum absolute atomic E-state index is 4.94. The zero-order chi connectivity index (χ0) is 17.8. The third-order valence-electron chi connectivity index (χ3n) is 5.08. The molecular weight excluding hydrogens is 314 g/mol. The molecule has 1 atom stereocenters. The maximum Gasteiger partial charge on any atom is 0.0743 e. The lowest BCUT2D eigenvalue weighted by atomic mass is 9.84. The average Bonchev–Trinajstić information content (AvgIpc) is 2.72. The first-order valence-electron chi connectivity index (χ1n) is 9.30. The number of pyridine rings is 1. The Labute approximate surface area is 155 Å². The molecule has 0 aliphatic heterocycles. The van der Waals surface area contributed by atoms with Gasteiger partial charge in [0, 0.05) is 17.1 Å². The van der Waals surface area contributed by atoms with Crippen molar-refractivity contribution in [2.45, 2.75) is 19.8 Å². The van der Waals surface area contributed by atoms with Gasteiger partial charge in [0.15, 0.2) is 0 Å². The number of rotatable bonds is 4. The molecule has 0 saturated heterocycles. The van der Waals surface area contributed by atoms with E-state index in [1.807, 2.05) is 6.20 Å². The zero-order valence-electron chi connectivity index (χ0n) is 15.1. The van der Waals surface area contributed by atoms with Gasteiger partial charge in [0.05, 0.1) is 5.69 Å². The fourth-order valence-electron chi connectivity index (χ4n) is 3.74. The van der Waals surface area contributed by atoms with E-state index < -0.39 is 0 Å². The molecule has 1 aliphatic carbocycles. The van der Waals surface area contributed by atoms with Crippen LogP contribution in [0.25, 0.3) is 27.5 Å². The van der Waals surface area contributed by atoms with Crippen molar-refractivity contribution < 1.29 is 0 Å². The van der Waals surface area contributed by atoms with Gasteiger partial charge >= 0.3 is 0 Å². The summed E-state index contributed by atoms with van der Waals surface area (Å²) >= 11 is 0. The topological polar surface area (TPSA) is 12.9 Å². The summed E-state index contributed by atoms with van der Waals surface area (Å²) in [6.07, 6.45) is 15.3. The Morgan fingerprint density at radius 2 is 1.77 bits per heavy atom. The Morgan fingerprint density at radius 1 is 1.00 bits per heavy atom. The molecule has 0 N–H and O–H groups in total. The van der Waals surface area contributed by atoms with E-state index in [0.717, 1.165) is 18.5 Å². The summed E-state index contributed by atoms with van der Waals surface area (Å²) in [4.78, 5) is 4.94. The third-order valence-corrected chi connectivity index (χ3v) is 5.08. The smallest absolute Gasteiger partial charge is 0.0743 e. The lowest BCUT2D eigenvalue weighted by Crippen LogP contribution is -2.07. The molecular formula is C25H23N. The van der Waals surface area contributed by atoms with Gasteiger partial charge in [0.1, 0.15) is 0 Å². The minimum atomic E-state index is 0.495. The molecule has 3 aromatic rings. The van der Waals surface area contributed by atoms with Crippen molar-refractivity contribution in [1.82, 2.24) is 4.98 Å². The fraction of sp³-hybridized carbons (Fsp3) is 0.160. The first-order chi connectivity index (χ1) is 12.9. The fourth-order valence-corrected chi connectivity index (χ4v) is 3.74. The highest BCUT2D eigenvalue weighted by Gasteiger charge is 2.20. The molecule has 1 heteroatoms. The predicted molar refractivity (Wildman–Crippen MR) is 112 cm³/mol. The van der Waals surface area contributed by atoms with E-state index in [4.69, 9.17) is 4.98 Å². The van der Waals surface area contributed by atoms with Gasteiger partial charge in [0.25, 0.3) is 0 Å². The molecule has 0 amide bonds. The van der Waals surface area contributed by atoms with E-state index in [0.29, 0.717) is 5.92 Å². The summed E-state index contributed by atoms with van der Waals surface area (Å²) in [5.41, 5.74) is 4.88. The van der Waals surface area contributed by atoms with Gasteiger partial charge in [-0.25, -0.2) is 0 Å². The molecule has 1 nitrogen and oxygen atoms in total. The van der Waals surface area contributed by atoms with Gasteiger partial charge < -0.3 is 0 Å². The number of hydrogen-bond donors (Lipinski definition) is 0. The Hall–Kier alpha value is -2.93. The third kappa shape index (κ3) is 3.13. The summed E-state index contributed by atoms with van der Waals surface area (Å²) in [6.45, 7) is 2.09. The van der Waals surface area contributed by atoms with E-state index in [1.165, 1.54) is 27.5 Å². The summed E-state index contributed by atoms with van der Waals surface area (Å²) in [5.74, 6) is 0.495. The number of benzene rings is 2. The molecule has 1 aromatic heterocycles. The largest absolute Gasteiger partial charge is 0.255 e. The van der Waals surface area contributed by atoms with Crippen LogP contribution in [0.1, 0.15) is 25.5 Å². The first-order valence-corrected chi connectivity index (χ1v) is 9.30. The Kier molecular flexibility index (Phi) is 4.79. The van der Waals surface area contributed by atoms with Crippen molar-refractivity contribution in [1.29, 1.82) is 0 Å². The van der Waals surface area contributed by atoms with Crippen LogP contribution < -0.4 is 0 Å². The van der Waals surface area contributed by atoms with Gasteiger partial charge in [-0.15, -0.1) is 0 Å². The second-order valence-corrected chi connectivity index (χ2v) is 6.72. The van der Waals surface area contributed by atoms with Crippen LogP contribution in [0.3, 0.4) is 0 Å². The van der Waals surface area contributed by atoms with Crippen molar-refractivity contribution in [2.24, 2.45) is 5.92 Å². The summed E-state index contributed by atoms with van der Waals surface area (Å²) in [6, 6.07) is 19.2. The highest BCUT2D eigenvalue weighted by atomic mass is 14.7. The monoisotopic (exact) mass is 337 g/mol. The van der Waals surface area contributed by atoms with Crippen LogP contribution in [0.5, 0.6) is 0 Å². The highest BCUT2D eigenvalue weighted by Crippen LogP contribution is 2.37. The molecule has 26 heavy (non-hydrogen) atoms. The van der Waals surface area contributed by atoms with Crippen LogP contribution in [0.4, 0.5) is 0 Å². The molecule has 128 valence electrons. The molecule has 1 unspecified atom stereocenters. The van der Waals surface area contributed by atoms with Crippen molar-refractivity contribution in [3.8, 4) is 11.1 Å². The normalized spacial score (nSPS) is 17.0. The van der Waals surface area contributed by atoms with Crippen LogP contribution in [-0.4, -0.2) is 4.98 Å². The van der Waals surface area contributed by atoms with E-state index in [1.54, 1.807) is 0 Å². The lowest BCUT2D eigenvalue weighted by molar-refractivity contribution is 0.686. The van der Waals surface area contributed by atoms with Crippen LogP contribution in [-0.2, 0) is 0 Å². The van der Waals surface area contributed by atoms with Crippen molar-refractivity contribution in [3.05, 3.63) is 96.9 Å². The molecule has 0 fully saturated rings. The zero-order valence-corrected chi connectivity index (χ0v) is 15.1. The SMILES string of the molecule is CC=CCC1CC=CC=C1c1ncc(-c2ccccc2)c2ccccc12. The van der Waals surface area contributed by atoms with E-state index >= 15 is 0 Å². The number of aromatic nitrogens is 1. The molecule has 1 heterocycles. The molecule has 0 bridgehead atoms. The molecule has 1 aliphatic rings. The van der Waals surface area contributed by atoms with E-state index in [9.17, 15) is 0 Å². The summed E-state index contributed by atoms with van der Waals surface area (Å²) in [7, 11) is 0. The van der Waals surface area contributed by atoms with E-state index in [2.05, 4.69) is 91.9 Å². The van der Waals surface area contributed by atoms with Crippen LogP contribution >= 0.6 is 0 Å². The number of allylic oxidation sites excluding steroid dienone is 6. The molecule has 0 saturated carbocycles. The van der Waals surface area contributed by atoms with Gasteiger partial charge in [-0.05, 0) is 42.2 Å². The summed E-state index contributed by atoms with van der Waals surface area (Å²) < 4.78 is 0. The quantitative estimate of drug-likeness (QED) is 0.476. The average molecular weight is 337 g/mol. The minimum absolute atomic E-state index is 0.495. The van der Waals surface area contributed by atoms with Crippen LogP contribution in [0.2, 0.25) is 0 Å². The first kappa shape index (κ1) is 16.5. The number of nitrogens with zero attached hydrogens (tertiary/aromatic N) is 1. The molecule has 0 spiro atoms. The van der Waals surface area contributed by atoms with E-state index in [-0.39, 0.29) is 0 Å². The highest BCUT2D eigenvalue weighted by molar-refractivity contribution is 6.01. The second kappa shape index (κ2) is 7.53. The van der Waals surface area contributed by atoms with Crippen LogP contribution in [0.15, 0.2) is 91.2 Å². The minimum Gasteiger partial charge on any atom is -0.255 e. The Morgan fingerprint density at radius 3 is 2.58 bits per heavy atom. The summed E-state index contributed by atoms with van der Waals surface area (Å²) in [5, 5.41) is 2.50. The van der Waals surface area contributed by atoms with Gasteiger partial charge in [-0.3, -0.25) is 4.98 Å². The van der Waals surface area contributed by atoms with Gasteiger partial charge in [0.2, 0.25) is 0 Å². The van der Waals surface area contributed by atoms with Crippen molar-refractivity contribution in [2.75, 3.05) is 0 Å². The second-order valence-electron chi connectivity index (χ2n) is 6.72. The van der Waals surface area contributed by atoms with Crippen LogP contribution in [0, 0.1) is 5.92 Å². The number of hydrogen-bond acceptors (Lipinski definition) is 1. The molecule has 0 radical (unpaired) electrons. The lowest BCUT2D eigenvalue weighted by Gasteiger charge is -2.22. The van der Waals surface area contributed by atoms with Crippen molar-refractivity contribution in [3.63, 3.8) is 0 Å². The Bertz CT molecular complexity index is 993.